The molecule has 1 aromatic heterocycles. The second kappa shape index (κ2) is 6.06. The molecule has 0 radical (unpaired) electrons. The van der Waals surface area contributed by atoms with Gasteiger partial charge >= 0.3 is 0 Å². The van der Waals surface area contributed by atoms with Crippen LogP contribution >= 0.6 is 0 Å². The molecule has 102 valence electrons. The molecule has 0 bridgehead atoms. The summed E-state index contributed by atoms with van der Waals surface area (Å²) < 4.78 is 5.85. The minimum absolute atomic E-state index is 0.585. The van der Waals surface area contributed by atoms with Crippen LogP contribution in [0.3, 0.4) is 0 Å². The molecule has 0 saturated heterocycles. The highest BCUT2D eigenvalue weighted by Crippen LogP contribution is 2.23. The average molecular weight is 274 g/mol. The van der Waals surface area contributed by atoms with Crippen molar-refractivity contribution >= 4 is 10.9 Å². The van der Waals surface area contributed by atoms with E-state index in [0.717, 1.165) is 28.6 Å². The number of pyridine rings is 1. The molecule has 0 unspecified atom stereocenters. The summed E-state index contributed by atoms with van der Waals surface area (Å²) in [5.41, 5.74) is 2.72. The van der Waals surface area contributed by atoms with Crippen LogP contribution in [0.4, 0.5) is 0 Å². The fourth-order valence-electron chi connectivity index (χ4n) is 2.22. The molecule has 0 atom stereocenters. The predicted molar refractivity (Wildman–Crippen MR) is 82.1 cm³/mol. The van der Waals surface area contributed by atoms with Crippen LogP contribution < -0.4 is 4.74 Å². The van der Waals surface area contributed by atoms with E-state index in [2.05, 4.69) is 11.1 Å². The number of nitriles is 1. The predicted octanol–water partition coefficient (Wildman–Crippen LogP) is 3.73. The van der Waals surface area contributed by atoms with Crippen molar-refractivity contribution in [2.45, 2.75) is 6.42 Å². The van der Waals surface area contributed by atoms with Crippen LogP contribution in [-0.4, -0.2) is 11.6 Å². The second-order valence-corrected chi connectivity index (χ2v) is 4.74. The van der Waals surface area contributed by atoms with Gasteiger partial charge in [-0.3, -0.25) is 4.98 Å². The third-order valence-corrected chi connectivity index (χ3v) is 3.33. The van der Waals surface area contributed by atoms with Gasteiger partial charge in [-0.25, -0.2) is 0 Å². The van der Waals surface area contributed by atoms with Gasteiger partial charge in [0.1, 0.15) is 11.3 Å². The van der Waals surface area contributed by atoms with Crippen LogP contribution in [0.1, 0.15) is 11.1 Å². The molecule has 3 heteroatoms. The molecule has 0 amide bonds. The van der Waals surface area contributed by atoms with Crippen molar-refractivity contribution in [3.63, 3.8) is 0 Å². The number of nitrogens with zero attached hydrogens (tertiary/aromatic N) is 2. The molecule has 0 aliphatic heterocycles. The Balaban J connectivity index is 1.68. The topological polar surface area (TPSA) is 45.9 Å². The minimum atomic E-state index is 0.585. The van der Waals surface area contributed by atoms with Gasteiger partial charge in [0.25, 0.3) is 0 Å². The van der Waals surface area contributed by atoms with Crippen molar-refractivity contribution in [1.82, 2.24) is 4.98 Å². The number of rotatable bonds is 4. The van der Waals surface area contributed by atoms with E-state index in [1.807, 2.05) is 54.6 Å². The van der Waals surface area contributed by atoms with Gasteiger partial charge in [-0.15, -0.1) is 0 Å². The lowest BCUT2D eigenvalue weighted by molar-refractivity contribution is 0.325. The molecule has 0 saturated carbocycles. The molecule has 21 heavy (non-hydrogen) atoms. The zero-order valence-corrected chi connectivity index (χ0v) is 11.5. The summed E-state index contributed by atoms with van der Waals surface area (Å²) >= 11 is 0. The van der Waals surface area contributed by atoms with Crippen molar-refractivity contribution in [2.24, 2.45) is 0 Å². The van der Waals surface area contributed by atoms with Crippen molar-refractivity contribution in [3.05, 3.63) is 71.9 Å². The van der Waals surface area contributed by atoms with Crippen LogP contribution in [0.15, 0.2) is 60.8 Å². The summed E-state index contributed by atoms with van der Waals surface area (Å²) in [6.45, 7) is 0.585. The Hall–Kier alpha value is -2.86. The number of aromatic nitrogens is 1. The fraction of sp³-hybridized carbons (Fsp3) is 0.111. The number of para-hydroxylation sites is 1. The summed E-state index contributed by atoms with van der Waals surface area (Å²) in [5, 5.41) is 9.85. The smallest absolute Gasteiger partial charge is 0.145 e. The molecule has 1 heterocycles. The number of benzene rings is 2. The third kappa shape index (κ3) is 3.01. The van der Waals surface area contributed by atoms with Crippen LogP contribution in [0, 0.1) is 11.3 Å². The SMILES string of the molecule is N#Cc1ccc(CCOc2cccc3cccnc23)cc1. The van der Waals surface area contributed by atoms with Crippen molar-refractivity contribution in [1.29, 1.82) is 5.26 Å². The molecular formula is C18H14N2O. The van der Waals surface area contributed by atoms with Gasteiger partial charge in [0, 0.05) is 18.0 Å². The number of ether oxygens (including phenoxy) is 1. The highest BCUT2D eigenvalue weighted by molar-refractivity contribution is 5.84. The summed E-state index contributed by atoms with van der Waals surface area (Å²) in [6, 6.07) is 19.6. The maximum absolute atomic E-state index is 8.77. The first-order valence-electron chi connectivity index (χ1n) is 6.82. The van der Waals surface area contributed by atoms with Gasteiger partial charge in [-0.05, 0) is 29.8 Å². The molecule has 0 aliphatic rings. The summed E-state index contributed by atoms with van der Waals surface area (Å²) in [5.74, 6) is 0.807. The Morgan fingerprint density at radius 2 is 1.81 bits per heavy atom. The molecule has 2 aromatic carbocycles. The molecule has 0 fully saturated rings. The summed E-state index contributed by atoms with van der Waals surface area (Å²) in [7, 11) is 0. The summed E-state index contributed by atoms with van der Waals surface area (Å²) in [4.78, 5) is 4.37. The molecule has 0 spiro atoms. The van der Waals surface area contributed by atoms with E-state index in [0.29, 0.717) is 12.2 Å². The lowest BCUT2D eigenvalue weighted by Crippen LogP contribution is -2.02. The van der Waals surface area contributed by atoms with Crippen molar-refractivity contribution in [3.8, 4) is 11.8 Å². The van der Waals surface area contributed by atoms with Crippen LogP contribution in [0.5, 0.6) is 5.75 Å². The molecule has 3 rings (SSSR count). The van der Waals surface area contributed by atoms with Gasteiger partial charge in [0.05, 0.1) is 18.2 Å². The van der Waals surface area contributed by atoms with E-state index in [9.17, 15) is 0 Å². The first-order valence-corrected chi connectivity index (χ1v) is 6.82. The van der Waals surface area contributed by atoms with Gasteiger partial charge < -0.3 is 4.74 Å². The summed E-state index contributed by atoms with van der Waals surface area (Å²) in [6.07, 6.45) is 2.57. The molecule has 3 nitrogen and oxygen atoms in total. The van der Waals surface area contributed by atoms with Gasteiger partial charge in [0.15, 0.2) is 0 Å². The largest absolute Gasteiger partial charge is 0.491 e. The Labute approximate surface area is 123 Å². The standard InChI is InChI=1S/C18H14N2O/c19-13-15-8-6-14(7-9-15)10-12-21-17-5-1-3-16-4-2-11-20-18(16)17/h1-9,11H,10,12H2. The molecule has 0 N–H and O–H groups in total. The first kappa shape index (κ1) is 13.1. The highest BCUT2D eigenvalue weighted by atomic mass is 16.5. The van der Waals surface area contributed by atoms with E-state index >= 15 is 0 Å². The third-order valence-electron chi connectivity index (χ3n) is 3.33. The maximum Gasteiger partial charge on any atom is 0.145 e. The Kier molecular flexibility index (Phi) is 3.79. The number of hydrogen-bond acceptors (Lipinski definition) is 3. The van der Waals surface area contributed by atoms with E-state index in [-0.39, 0.29) is 0 Å². The Morgan fingerprint density at radius 1 is 1.00 bits per heavy atom. The number of fused-ring (bicyclic) bond motifs is 1. The Bertz CT molecular complexity index is 783. The molecule has 3 aromatic rings. The Morgan fingerprint density at radius 3 is 2.62 bits per heavy atom. The monoisotopic (exact) mass is 274 g/mol. The quantitative estimate of drug-likeness (QED) is 0.728. The van der Waals surface area contributed by atoms with Gasteiger partial charge in [0.2, 0.25) is 0 Å². The lowest BCUT2D eigenvalue weighted by Gasteiger charge is -2.08. The number of hydrogen-bond donors (Lipinski definition) is 0. The van der Waals surface area contributed by atoms with E-state index in [4.69, 9.17) is 10.00 Å². The van der Waals surface area contributed by atoms with Gasteiger partial charge in [-0.2, -0.15) is 5.26 Å². The zero-order valence-electron chi connectivity index (χ0n) is 11.5. The zero-order chi connectivity index (χ0) is 14.5. The molecule has 0 aliphatic carbocycles. The van der Waals surface area contributed by atoms with Crippen LogP contribution in [0.25, 0.3) is 10.9 Å². The highest BCUT2D eigenvalue weighted by Gasteiger charge is 2.02. The minimum Gasteiger partial charge on any atom is -0.491 e. The average Bonchev–Trinajstić information content (AvgIpc) is 2.56. The van der Waals surface area contributed by atoms with Crippen LogP contribution in [-0.2, 0) is 6.42 Å². The van der Waals surface area contributed by atoms with Gasteiger partial charge in [-0.1, -0.05) is 30.3 Å². The first-order chi connectivity index (χ1) is 10.4. The van der Waals surface area contributed by atoms with E-state index in [1.165, 1.54) is 0 Å². The normalized spacial score (nSPS) is 10.2. The van der Waals surface area contributed by atoms with E-state index in [1.54, 1.807) is 6.20 Å². The van der Waals surface area contributed by atoms with E-state index < -0.39 is 0 Å². The molecular weight excluding hydrogens is 260 g/mol. The van der Waals surface area contributed by atoms with Crippen molar-refractivity contribution in [2.75, 3.05) is 6.61 Å². The van der Waals surface area contributed by atoms with Crippen molar-refractivity contribution < 1.29 is 4.74 Å². The lowest BCUT2D eigenvalue weighted by atomic mass is 10.1. The fourth-order valence-corrected chi connectivity index (χ4v) is 2.22. The second-order valence-electron chi connectivity index (χ2n) is 4.74. The van der Waals surface area contributed by atoms with Crippen LogP contribution in [0.2, 0.25) is 0 Å². The maximum atomic E-state index is 8.77.